The maximum absolute atomic E-state index is 12.7. The molecule has 1 aromatic carbocycles. The molecule has 3 rings (SSSR count). The fourth-order valence-electron chi connectivity index (χ4n) is 2.94. The summed E-state index contributed by atoms with van der Waals surface area (Å²) in [5.41, 5.74) is 1.68. The Morgan fingerprint density at radius 1 is 1.12 bits per heavy atom. The fraction of sp³-hybridized carbons (Fsp3) is 0.316. The van der Waals surface area contributed by atoms with Gasteiger partial charge in [0.15, 0.2) is 0 Å². The monoisotopic (exact) mass is 338 g/mol. The molecule has 1 saturated heterocycles. The highest BCUT2D eigenvalue weighted by Crippen LogP contribution is 2.23. The minimum atomic E-state index is -0.218. The normalized spacial score (nSPS) is 13.6. The Morgan fingerprint density at radius 2 is 1.88 bits per heavy atom. The molecule has 2 aromatic rings. The number of carbonyl (C=O) groups excluding carboxylic acids is 2. The maximum atomic E-state index is 12.7. The van der Waals surface area contributed by atoms with Crippen LogP contribution in [0.3, 0.4) is 0 Å². The van der Waals surface area contributed by atoms with E-state index in [1.165, 1.54) is 4.90 Å². The van der Waals surface area contributed by atoms with Gasteiger partial charge in [-0.1, -0.05) is 6.07 Å². The van der Waals surface area contributed by atoms with Crippen LogP contribution in [-0.2, 0) is 0 Å². The van der Waals surface area contributed by atoms with Crippen LogP contribution < -0.4 is 10.2 Å². The number of benzene rings is 1. The molecule has 0 spiro atoms. The van der Waals surface area contributed by atoms with Crippen molar-refractivity contribution in [1.82, 2.24) is 9.88 Å². The molecular weight excluding hydrogens is 316 g/mol. The zero-order valence-electron chi connectivity index (χ0n) is 14.5. The van der Waals surface area contributed by atoms with E-state index in [4.69, 9.17) is 0 Å². The molecule has 130 valence electrons. The predicted octanol–water partition coefficient (Wildman–Crippen LogP) is 2.64. The van der Waals surface area contributed by atoms with Crippen molar-refractivity contribution in [3.05, 3.63) is 53.7 Å². The highest BCUT2D eigenvalue weighted by atomic mass is 16.2. The van der Waals surface area contributed by atoms with E-state index in [0.29, 0.717) is 16.8 Å². The molecular formula is C19H22N4O2. The minimum Gasteiger partial charge on any atom is -0.356 e. The van der Waals surface area contributed by atoms with E-state index in [-0.39, 0.29) is 11.8 Å². The van der Waals surface area contributed by atoms with Gasteiger partial charge >= 0.3 is 0 Å². The van der Waals surface area contributed by atoms with Gasteiger partial charge < -0.3 is 15.1 Å². The summed E-state index contributed by atoms with van der Waals surface area (Å²) in [6.07, 6.45) is 3.94. The SMILES string of the molecule is CN(C)C(=O)c1cccc(NC(=O)c2cccnc2N2CCCC2)c1. The Kier molecular flexibility index (Phi) is 4.97. The molecule has 0 bridgehead atoms. The number of hydrogen-bond donors (Lipinski definition) is 1. The first-order chi connectivity index (χ1) is 12.1. The number of aromatic nitrogens is 1. The van der Waals surface area contributed by atoms with Gasteiger partial charge in [-0.15, -0.1) is 0 Å². The molecule has 1 N–H and O–H groups in total. The van der Waals surface area contributed by atoms with Gasteiger partial charge in [0.25, 0.3) is 11.8 Å². The van der Waals surface area contributed by atoms with Crippen LogP contribution in [-0.4, -0.2) is 48.9 Å². The highest BCUT2D eigenvalue weighted by Gasteiger charge is 2.20. The lowest BCUT2D eigenvalue weighted by molar-refractivity contribution is 0.0827. The standard InChI is InChI=1S/C19H22N4O2/c1-22(2)19(25)14-7-5-8-15(13-14)21-18(24)16-9-6-10-20-17(16)23-11-3-4-12-23/h5-10,13H,3-4,11-12H2,1-2H3,(H,21,24). The summed E-state index contributed by atoms with van der Waals surface area (Å²) in [7, 11) is 3.40. The number of nitrogens with zero attached hydrogens (tertiary/aromatic N) is 3. The van der Waals surface area contributed by atoms with Crippen molar-refractivity contribution in [2.75, 3.05) is 37.4 Å². The van der Waals surface area contributed by atoms with E-state index >= 15 is 0 Å². The lowest BCUT2D eigenvalue weighted by atomic mass is 10.1. The third-order valence-corrected chi connectivity index (χ3v) is 4.21. The van der Waals surface area contributed by atoms with Gasteiger partial charge in [0.2, 0.25) is 0 Å². The second-order valence-corrected chi connectivity index (χ2v) is 6.30. The van der Waals surface area contributed by atoms with Gasteiger partial charge in [0, 0.05) is 44.6 Å². The maximum Gasteiger partial charge on any atom is 0.259 e. The molecule has 1 aliphatic rings. The van der Waals surface area contributed by atoms with Crippen molar-refractivity contribution in [3.8, 4) is 0 Å². The number of amides is 2. The van der Waals surface area contributed by atoms with Crippen molar-refractivity contribution in [3.63, 3.8) is 0 Å². The number of rotatable bonds is 4. The van der Waals surface area contributed by atoms with E-state index in [1.54, 1.807) is 56.7 Å². The second kappa shape index (κ2) is 7.34. The zero-order chi connectivity index (χ0) is 17.8. The summed E-state index contributed by atoms with van der Waals surface area (Å²) >= 11 is 0. The summed E-state index contributed by atoms with van der Waals surface area (Å²) in [5, 5.41) is 2.88. The van der Waals surface area contributed by atoms with Gasteiger partial charge in [0.1, 0.15) is 5.82 Å². The van der Waals surface area contributed by atoms with Crippen molar-refractivity contribution in [2.45, 2.75) is 12.8 Å². The van der Waals surface area contributed by atoms with Crippen molar-refractivity contribution >= 4 is 23.3 Å². The van der Waals surface area contributed by atoms with Gasteiger partial charge in [0.05, 0.1) is 5.56 Å². The summed E-state index contributed by atoms with van der Waals surface area (Å²) < 4.78 is 0. The molecule has 6 nitrogen and oxygen atoms in total. The van der Waals surface area contributed by atoms with Gasteiger partial charge in [-0.3, -0.25) is 9.59 Å². The van der Waals surface area contributed by atoms with E-state index < -0.39 is 0 Å². The Bertz CT molecular complexity index is 782. The van der Waals surface area contributed by atoms with Crippen LogP contribution in [0.15, 0.2) is 42.6 Å². The molecule has 0 aliphatic carbocycles. The molecule has 0 radical (unpaired) electrons. The third-order valence-electron chi connectivity index (χ3n) is 4.21. The number of hydrogen-bond acceptors (Lipinski definition) is 4. The minimum absolute atomic E-state index is 0.102. The Hall–Kier alpha value is -2.89. The molecule has 25 heavy (non-hydrogen) atoms. The van der Waals surface area contributed by atoms with E-state index in [0.717, 1.165) is 31.7 Å². The molecule has 6 heteroatoms. The highest BCUT2D eigenvalue weighted by molar-refractivity contribution is 6.08. The third kappa shape index (κ3) is 3.79. The van der Waals surface area contributed by atoms with Crippen molar-refractivity contribution in [1.29, 1.82) is 0 Å². The topological polar surface area (TPSA) is 65.5 Å². The molecule has 1 fully saturated rings. The van der Waals surface area contributed by atoms with E-state index in [9.17, 15) is 9.59 Å². The molecule has 0 atom stereocenters. The quantitative estimate of drug-likeness (QED) is 0.931. The molecule has 0 unspecified atom stereocenters. The van der Waals surface area contributed by atoms with Crippen LogP contribution in [0, 0.1) is 0 Å². The van der Waals surface area contributed by atoms with Crippen LogP contribution >= 0.6 is 0 Å². The lowest BCUT2D eigenvalue weighted by Crippen LogP contribution is -2.24. The lowest BCUT2D eigenvalue weighted by Gasteiger charge is -2.19. The Morgan fingerprint density at radius 3 is 2.60 bits per heavy atom. The van der Waals surface area contributed by atoms with Crippen LogP contribution in [0.2, 0.25) is 0 Å². The Balaban J connectivity index is 1.81. The number of pyridine rings is 1. The Labute approximate surface area is 147 Å². The van der Waals surface area contributed by atoms with Gasteiger partial charge in [-0.25, -0.2) is 4.98 Å². The number of carbonyl (C=O) groups is 2. The van der Waals surface area contributed by atoms with Crippen molar-refractivity contribution in [2.24, 2.45) is 0 Å². The summed E-state index contributed by atoms with van der Waals surface area (Å²) in [5.74, 6) is 0.401. The van der Waals surface area contributed by atoms with Gasteiger partial charge in [-0.2, -0.15) is 0 Å². The molecule has 1 aliphatic heterocycles. The molecule has 2 amide bonds. The average Bonchev–Trinajstić information content (AvgIpc) is 3.15. The van der Waals surface area contributed by atoms with E-state index in [1.807, 2.05) is 0 Å². The first-order valence-electron chi connectivity index (χ1n) is 8.39. The van der Waals surface area contributed by atoms with Crippen LogP contribution in [0.25, 0.3) is 0 Å². The van der Waals surface area contributed by atoms with Crippen molar-refractivity contribution < 1.29 is 9.59 Å². The smallest absolute Gasteiger partial charge is 0.259 e. The molecule has 1 aromatic heterocycles. The first-order valence-corrected chi connectivity index (χ1v) is 8.39. The number of nitrogens with one attached hydrogen (secondary N) is 1. The second-order valence-electron chi connectivity index (χ2n) is 6.30. The van der Waals surface area contributed by atoms with E-state index in [2.05, 4.69) is 15.2 Å². The van der Waals surface area contributed by atoms with Crippen LogP contribution in [0.4, 0.5) is 11.5 Å². The summed E-state index contributed by atoms with van der Waals surface area (Å²) in [4.78, 5) is 32.9. The largest absolute Gasteiger partial charge is 0.356 e. The predicted molar refractivity (Wildman–Crippen MR) is 98.1 cm³/mol. The fourth-order valence-corrected chi connectivity index (χ4v) is 2.94. The average molecular weight is 338 g/mol. The summed E-state index contributed by atoms with van der Waals surface area (Å²) in [6.45, 7) is 1.84. The van der Waals surface area contributed by atoms with Crippen LogP contribution in [0.5, 0.6) is 0 Å². The van der Waals surface area contributed by atoms with Gasteiger partial charge in [-0.05, 0) is 43.2 Å². The number of anilines is 2. The summed E-state index contributed by atoms with van der Waals surface area (Å²) in [6, 6.07) is 10.5. The van der Waals surface area contributed by atoms with Crippen LogP contribution in [0.1, 0.15) is 33.6 Å². The first kappa shape index (κ1) is 17.0. The molecule has 2 heterocycles. The molecule has 0 saturated carbocycles. The zero-order valence-corrected chi connectivity index (χ0v) is 14.5.